The van der Waals surface area contributed by atoms with Crippen molar-refractivity contribution in [2.24, 2.45) is 11.0 Å². The maximum atomic E-state index is 5.28. The Bertz CT molecular complexity index is 1010. The fourth-order valence-electron chi connectivity index (χ4n) is 3.15. The fourth-order valence-corrected chi connectivity index (χ4v) is 3.15. The van der Waals surface area contributed by atoms with Crippen molar-refractivity contribution in [2.45, 2.75) is 27.2 Å². The normalized spacial score (nSPS) is 12.5. The van der Waals surface area contributed by atoms with Gasteiger partial charge in [-0.15, -0.1) is 0 Å². The van der Waals surface area contributed by atoms with Crippen molar-refractivity contribution >= 4 is 22.3 Å². The minimum Gasteiger partial charge on any atom is -0.497 e. The van der Waals surface area contributed by atoms with Crippen LogP contribution in [0.25, 0.3) is 10.9 Å². The van der Waals surface area contributed by atoms with Crippen LogP contribution in [0.5, 0.6) is 5.75 Å². The number of anilines is 1. The summed E-state index contributed by atoms with van der Waals surface area (Å²) in [7, 11) is 1.67. The summed E-state index contributed by atoms with van der Waals surface area (Å²) < 4.78 is 5.28. The second-order valence-corrected chi connectivity index (χ2v) is 6.99. The maximum Gasteiger partial charge on any atom is 0.118 e. The average Bonchev–Trinajstić information content (AvgIpc) is 2.76. The number of nitrogens with one attached hydrogen (secondary N) is 1. The molecule has 1 aromatic heterocycles. The Hall–Kier alpha value is -3.34. The molecule has 0 fully saturated rings. The van der Waals surface area contributed by atoms with Crippen LogP contribution in [0.1, 0.15) is 31.4 Å². The van der Waals surface area contributed by atoms with Crippen LogP contribution >= 0.6 is 0 Å². The fraction of sp³-hybridized carbons (Fsp3) is 0.250. The van der Waals surface area contributed by atoms with E-state index in [1.54, 1.807) is 18.4 Å². The van der Waals surface area contributed by atoms with Gasteiger partial charge in [0, 0.05) is 23.7 Å². The highest BCUT2D eigenvalue weighted by Crippen LogP contribution is 2.25. The molecule has 5 nitrogen and oxygen atoms in total. The molecule has 1 atom stereocenters. The molecule has 0 aliphatic carbocycles. The van der Waals surface area contributed by atoms with Crippen molar-refractivity contribution in [1.29, 1.82) is 0 Å². The van der Waals surface area contributed by atoms with Crippen LogP contribution in [0, 0.1) is 12.8 Å². The molecular weight excluding hydrogens is 360 g/mol. The summed E-state index contributed by atoms with van der Waals surface area (Å²) in [6, 6.07) is 16.1. The molecular formula is C24H28N4O. The van der Waals surface area contributed by atoms with Crippen molar-refractivity contribution in [2.75, 3.05) is 12.5 Å². The van der Waals surface area contributed by atoms with Gasteiger partial charge in [-0.05, 0) is 60.9 Å². The number of fused-ring (bicyclic) bond motifs is 1. The zero-order valence-corrected chi connectivity index (χ0v) is 17.5. The Morgan fingerprint density at radius 2 is 2.00 bits per heavy atom. The second kappa shape index (κ2) is 9.24. The predicted molar refractivity (Wildman–Crippen MR) is 121 cm³/mol. The Balaban J connectivity index is 1.97. The molecule has 0 radical (unpaired) electrons. The predicted octanol–water partition coefficient (Wildman–Crippen LogP) is 5.77. The van der Waals surface area contributed by atoms with Gasteiger partial charge in [-0.1, -0.05) is 32.6 Å². The Morgan fingerprint density at radius 1 is 1.24 bits per heavy atom. The lowest BCUT2D eigenvalue weighted by atomic mass is 9.96. The van der Waals surface area contributed by atoms with E-state index in [4.69, 9.17) is 9.84 Å². The number of hydrogen-bond acceptors (Lipinski definition) is 5. The number of aromatic nitrogens is 1. The molecule has 1 heterocycles. The van der Waals surface area contributed by atoms with Crippen LogP contribution < -0.4 is 10.2 Å². The second-order valence-electron chi connectivity index (χ2n) is 6.99. The number of hydrogen-bond donors (Lipinski definition) is 1. The molecule has 0 bridgehead atoms. The SMILES string of the molecule is C=CN(/N=C(/c1ccc(OC)cc1)C(C)CC)Nc1cccc2c(C)ccnc12. The summed E-state index contributed by atoms with van der Waals surface area (Å²) >= 11 is 0. The van der Waals surface area contributed by atoms with Gasteiger partial charge in [0.2, 0.25) is 0 Å². The zero-order valence-electron chi connectivity index (χ0n) is 17.5. The van der Waals surface area contributed by atoms with E-state index in [1.807, 2.05) is 48.7 Å². The van der Waals surface area contributed by atoms with Crippen LogP contribution in [-0.2, 0) is 0 Å². The highest BCUT2D eigenvalue weighted by atomic mass is 16.5. The lowest BCUT2D eigenvalue weighted by Crippen LogP contribution is -2.23. The molecule has 0 saturated carbocycles. The van der Waals surface area contributed by atoms with E-state index in [2.05, 4.69) is 43.8 Å². The first-order valence-electron chi connectivity index (χ1n) is 9.83. The van der Waals surface area contributed by atoms with Gasteiger partial charge >= 0.3 is 0 Å². The van der Waals surface area contributed by atoms with E-state index in [-0.39, 0.29) is 5.92 Å². The Kier molecular flexibility index (Phi) is 6.50. The molecule has 0 saturated heterocycles. The van der Waals surface area contributed by atoms with E-state index in [0.717, 1.165) is 40.0 Å². The number of ether oxygens (including phenoxy) is 1. The van der Waals surface area contributed by atoms with Crippen LogP contribution in [0.2, 0.25) is 0 Å². The smallest absolute Gasteiger partial charge is 0.118 e. The Morgan fingerprint density at radius 3 is 2.66 bits per heavy atom. The first-order valence-corrected chi connectivity index (χ1v) is 9.83. The third-order valence-corrected chi connectivity index (χ3v) is 5.08. The number of hydrazone groups is 1. The highest BCUT2D eigenvalue weighted by Gasteiger charge is 2.14. The van der Waals surface area contributed by atoms with Crippen molar-refractivity contribution < 1.29 is 4.74 Å². The third kappa shape index (κ3) is 4.57. The number of nitrogens with zero attached hydrogens (tertiary/aromatic N) is 3. The van der Waals surface area contributed by atoms with Crippen LogP contribution in [0.4, 0.5) is 5.69 Å². The van der Waals surface area contributed by atoms with Crippen molar-refractivity contribution in [3.63, 3.8) is 0 Å². The number of hydrazine groups is 1. The number of aryl methyl sites for hydroxylation is 1. The van der Waals surface area contributed by atoms with Gasteiger partial charge < -0.3 is 4.74 Å². The number of rotatable bonds is 8. The van der Waals surface area contributed by atoms with E-state index < -0.39 is 0 Å². The first-order chi connectivity index (χ1) is 14.1. The van der Waals surface area contributed by atoms with Gasteiger partial charge in [0.25, 0.3) is 0 Å². The van der Waals surface area contributed by atoms with Crippen molar-refractivity contribution in [1.82, 2.24) is 10.1 Å². The molecule has 1 N–H and O–H groups in total. The first kappa shape index (κ1) is 20.4. The Labute approximate surface area is 172 Å². The minimum absolute atomic E-state index is 0.278. The topological polar surface area (TPSA) is 49.8 Å². The number of para-hydroxylation sites is 1. The minimum atomic E-state index is 0.278. The molecule has 2 aromatic carbocycles. The van der Waals surface area contributed by atoms with E-state index in [1.165, 1.54) is 5.56 Å². The zero-order chi connectivity index (χ0) is 20.8. The van der Waals surface area contributed by atoms with Gasteiger partial charge in [-0.3, -0.25) is 10.4 Å². The van der Waals surface area contributed by atoms with E-state index in [0.29, 0.717) is 0 Å². The molecule has 3 rings (SSSR count). The van der Waals surface area contributed by atoms with Gasteiger partial charge in [0.05, 0.1) is 24.0 Å². The van der Waals surface area contributed by atoms with Crippen molar-refractivity contribution in [3.8, 4) is 5.75 Å². The van der Waals surface area contributed by atoms with Gasteiger partial charge in [0.15, 0.2) is 0 Å². The highest BCUT2D eigenvalue weighted by molar-refractivity contribution is 6.02. The molecule has 0 amide bonds. The molecule has 0 aliphatic heterocycles. The lowest BCUT2D eigenvalue weighted by molar-refractivity contribution is 0.414. The number of methoxy groups -OCH3 is 1. The molecule has 5 heteroatoms. The summed E-state index contributed by atoms with van der Waals surface area (Å²) in [5.41, 5.74) is 8.35. The van der Waals surface area contributed by atoms with Crippen LogP contribution in [-0.4, -0.2) is 22.9 Å². The van der Waals surface area contributed by atoms with Gasteiger partial charge in [-0.2, -0.15) is 10.2 Å². The van der Waals surface area contributed by atoms with E-state index >= 15 is 0 Å². The molecule has 0 spiro atoms. The van der Waals surface area contributed by atoms with Crippen LogP contribution in [0.15, 0.2) is 72.6 Å². The third-order valence-electron chi connectivity index (χ3n) is 5.08. The van der Waals surface area contributed by atoms with Gasteiger partial charge in [0.1, 0.15) is 5.75 Å². The van der Waals surface area contributed by atoms with Crippen molar-refractivity contribution in [3.05, 3.63) is 78.6 Å². The van der Waals surface area contributed by atoms with Gasteiger partial charge in [-0.25, -0.2) is 0 Å². The summed E-state index contributed by atoms with van der Waals surface area (Å²) in [5.74, 6) is 1.11. The maximum absolute atomic E-state index is 5.28. The summed E-state index contributed by atoms with van der Waals surface area (Å²) in [5, 5.41) is 7.64. The molecule has 150 valence electrons. The largest absolute Gasteiger partial charge is 0.497 e. The monoisotopic (exact) mass is 388 g/mol. The average molecular weight is 389 g/mol. The number of pyridine rings is 1. The standard InChI is InChI=1S/C24H28N4O/c1-6-17(3)23(19-11-13-20(29-5)14-12-19)27-28(7-2)26-22-10-8-9-21-18(4)15-16-25-24(21)22/h7-17,26H,2,6H2,1,3-5H3/b27-23+. The quantitative estimate of drug-likeness (QED) is 0.393. The molecule has 3 aromatic rings. The molecule has 29 heavy (non-hydrogen) atoms. The number of benzene rings is 2. The van der Waals surface area contributed by atoms with Crippen LogP contribution in [0.3, 0.4) is 0 Å². The molecule has 0 aliphatic rings. The lowest BCUT2D eigenvalue weighted by Gasteiger charge is -2.22. The molecule has 1 unspecified atom stereocenters. The summed E-state index contributed by atoms with van der Waals surface area (Å²) in [6.45, 7) is 10.3. The summed E-state index contributed by atoms with van der Waals surface area (Å²) in [6.07, 6.45) is 4.47. The van der Waals surface area contributed by atoms with E-state index in [9.17, 15) is 0 Å². The summed E-state index contributed by atoms with van der Waals surface area (Å²) in [4.78, 5) is 4.55.